The van der Waals surface area contributed by atoms with Gasteiger partial charge in [0.25, 0.3) is 5.91 Å². The van der Waals surface area contributed by atoms with Crippen LogP contribution in [-0.4, -0.2) is 37.2 Å². The van der Waals surface area contributed by atoms with Crippen LogP contribution >= 0.6 is 0 Å². The van der Waals surface area contributed by atoms with Gasteiger partial charge < -0.3 is 9.30 Å². The van der Waals surface area contributed by atoms with Gasteiger partial charge in [-0.15, -0.1) is 5.10 Å². The molecule has 0 unspecified atom stereocenters. The maximum atomic E-state index is 11.7. The number of hydrogen-bond acceptors (Lipinski definition) is 5. The average Bonchev–Trinajstić information content (AvgIpc) is 2.88. The van der Waals surface area contributed by atoms with Crippen molar-refractivity contribution in [2.75, 3.05) is 11.9 Å². The highest BCUT2D eigenvalue weighted by Gasteiger charge is 2.11. The maximum Gasteiger partial charge on any atom is 0.337 e. The number of carbonyl (C=O) groups is 1. The van der Waals surface area contributed by atoms with E-state index in [0.717, 1.165) is 0 Å². The number of nitrogens with zero attached hydrogens (tertiary/aromatic N) is 4. The van der Waals surface area contributed by atoms with Crippen molar-refractivity contribution in [1.29, 1.82) is 0 Å². The van der Waals surface area contributed by atoms with Gasteiger partial charge in [-0.05, 0) is 6.92 Å². The Kier molecular flexibility index (Phi) is 3.03. The second-order valence-electron chi connectivity index (χ2n) is 3.28. The summed E-state index contributed by atoms with van der Waals surface area (Å²) in [5.74, 6) is -0.131. The molecule has 0 aliphatic carbocycles. The van der Waals surface area contributed by atoms with Gasteiger partial charge >= 0.3 is 6.01 Å². The highest BCUT2D eigenvalue weighted by atomic mass is 16.5. The minimum Gasteiger partial charge on any atom is -0.463 e. The first kappa shape index (κ1) is 11.1. The fraction of sp³-hybridized carbons (Fsp3) is 0.333. The van der Waals surface area contributed by atoms with Gasteiger partial charge in [0, 0.05) is 13.2 Å². The van der Waals surface area contributed by atoms with Gasteiger partial charge in [-0.1, -0.05) is 0 Å². The Balaban J connectivity index is 2.02. The molecule has 17 heavy (non-hydrogen) atoms. The first-order valence-corrected chi connectivity index (χ1v) is 5.03. The van der Waals surface area contributed by atoms with E-state index in [-0.39, 0.29) is 17.9 Å². The van der Waals surface area contributed by atoms with Crippen molar-refractivity contribution in [3.8, 4) is 6.01 Å². The van der Waals surface area contributed by atoms with Crippen LogP contribution in [0.5, 0.6) is 6.01 Å². The average molecular weight is 236 g/mol. The zero-order valence-electron chi connectivity index (χ0n) is 9.47. The molecular formula is C9H12N6O2. The van der Waals surface area contributed by atoms with Crippen molar-refractivity contribution in [3.63, 3.8) is 0 Å². The molecule has 2 N–H and O–H groups in total. The summed E-state index contributed by atoms with van der Waals surface area (Å²) in [5.41, 5.74) is 0.307. The molecule has 8 heteroatoms. The first-order valence-electron chi connectivity index (χ1n) is 5.03. The predicted octanol–water partition coefficient (Wildman–Crippen LogP) is 0.189. The number of aromatic amines is 1. The number of aromatic nitrogens is 5. The van der Waals surface area contributed by atoms with Crippen molar-refractivity contribution in [2.24, 2.45) is 7.05 Å². The predicted molar refractivity (Wildman–Crippen MR) is 58.7 cm³/mol. The standard InChI is InChI=1S/C9H12N6O2/c1-3-17-9-12-8(13-14-9)11-7(16)6-4-15(2)5-10-6/h4-5H,3H2,1-2H3,(H2,11,12,13,14,16). The van der Waals surface area contributed by atoms with Gasteiger partial charge in [0.15, 0.2) is 0 Å². The molecule has 8 nitrogen and oxygen atoms in total. The van der Waals surface area contributed by atoms with Crippen molar-refractivity contribution in [2.45, 2.75) is 6.92 Å². The molecular weight excluding hydrogens is 224 g/mol. The summed E-state index contributed by atoms with van der Waals surface area (Å²) in [6, 6.07) is 0.198. The summed E-state index contributed by atoms with van der Waals surface area (Å²) < 4.78 is 6.73. The second kappa shape index (κ2) is 4.64. The van der Waals surface area contributed by atoms with Crippen LogP contribution in [-0.2, 0) is 7.05 Å². The number of rotatable bonds is 4. The molecule has 90 valence electrons. The van der Waals surface area contributed by atoms with E-state index in [1.54, 1.807) is 24.1 Å². The SMILES string of the molecule is CCOc1n[nH]c(NC(=O)c2cn(C)cn2)n1. The number of hydrogen-bond donors (Lipinski definition) is 2. The molecule has 2 aromatic heterocycles. The monoisotopic (exact) mass is 236 g/mol. The van der Waals surface area contributed by atoms with Gasteiger partial charge in [0.05, 0.1) is 12.9 Å². The minimum atomic E-state index is -0.357. The van der Waals surface area contributed by atoms with Crippen molar-refractivity contribution in [1.82, 2.24) is 24.7 Å². The normalized spacial score (nSPS) is 10.2. The number of imidazole rings is 1. The molecule has 0 fully saturated rings. The Bertz CT molecular complexity index is 517. The molecule has 2 aromatic rings. The lowest BCUT2D eigenvalue weighted by molar-refractivity contribution is 0.102. The lowest BCUT2D eigenvalue weighted by Crippen LogP contribution is -2.13. The van der Waals surface area contributed by atoms with E-state index >= 15 is 0 Å². The van der Waals surface area contributed by atoms with Crippen LogP contribution in [0.2, 0.25) is 0 Å². The number of amides is 1. The maximum absolute atomic E-state index is 11.7. The van der Waals surface area contributed by atoms with Gasteiger partial charge in [-0.2, -0.15) is 4.98 Å². The van der Waals surface area contributed by atoms with Gasteiger partial charge in [0.2, 0.25) is 5.95 Å². The first-order chi connectivity index (χ1) is 8.19. The summed E-state index contributed by atoms with van der Waals surface area (Å²) >= 11 is 0. The third-order valence-electron chi connectivity index (χ3n) is 1.91. The number of ether oxygens (including phenoxy) is 1. The largest absolute Gasteiger partial charge is 0.463 e. The zero-order valence-corrected chi connectivity index (χ0v) is 9.47. The van der Waals surface area contributed by atoms with Crippen LogP contribution in [0.1, 0.15) is 17.4 Å². The third kappa shape index (κ3) is 2.60. The van der Waals surface area contributed by atoms with Crippen molar-refractivity contribution < 1.29 is 9.53 Å². The van der Waals surface area contributed by atoms with E-state index < -0.39 is 0 Å². The quantitative estimate of drug-likeness (QED) is 0.789. The smallest absolute Gasteiger partial charge is 0.337 e. The van der Waals surface area contributed by atoms with E-state index in [2.05, 4.69) is 25.5 Å². The molecule has 0 aromatic carbocycles. The Morgan fingerprint density at radius 3 is 3.12 bits per heavy atom. The number of anilines is 1. The Morgan fingerprint density at radius 2 is 2.47 bits per heavy atom. The van der Waals surface area contributed by atoms with Gasteiger partial charge in [-0.3, -0.25) is 10.1 Å². The molecule has 0 atom stereocenters. The summed E-state index contributed by atoms with van der Waals surface area (Å²) in [4.78, 5) is 19.5. The van der Waals surface area contributed by atoms with E-state index in [1.807, 2.05) is 6.92 Å². The van der Waals surface area contributed by atoms with E-state index in [0.29, 0.717) is 12.3 Å². The van der Waals surface area contributed by atoms with E-state index in [9.17, 15) is 4.79 Å². The second-order valence-corrected chi connectivity index (χ2v) is 3.28. The fourth-order valence-electron chi connectivity index (χ4n) is 1.20. The topological polar surface area (TPSA) is 97.7 Å². The summed E-state index contributed by atoms with van der Waals surface area (Å²) in [6.07, 6.45) is 3.15. The molecule has 0 aliphatic heterocycles. The van der Waals surface area contributed by atoms with Gasteiger partial charge in [-0.25, -0.2) is 10.1 Å². The number of nitrogens with one attached hydrogen (secondary N) is 2. The van der Waals surface area contributed by atoms with E-state index in [4.69, 9.17) is 4.74 Å². The summed E-state index contributed by atoms with van der Waals surface area (Å²) in [6.45, 7) is 2.29. The molecule has 2 heterocycles. The fourth-order valence-corrected chi connectivity index (χ4v) is 1.20. The van der Waals surface area contributed by atoms with Crippen molar-refractivity contribution in [3.05, 3.63) is 18.2 Å². The minimum absolute atomic E-state index is 0.198. The van der Waals surface area contributed by atoms with Crippen LogP contribution in [0, 0.1) is 0 Å². The lowest BCUT2D eigenvalue weighted by atomic mass is 10.4. The highest BCUT2D eigenvalue weighted by Crippen LogP contribution is 2.06. The molecule has 0 aliphatic rings. The van der Waals surface area contributed by atoms with Crippen LogP contribution in [0.4, 0.5) is 5.95 Å². The van der Waals surface area contributed by atoms with Crippen LogP contribution in [0.25, 0.3) is 0 Å². The van der Waals surface area contributed by atoms with Crippen molar-refractivity contribution >= 4 is 11.9 Å². The molecule has 0 bridgehead atoms. The Morgan fingerprint density at radius 1 is 1.65 bits per heavy atom. The highest BCUT2D eigenvalue weighted by molar-refractivity contribution is 6.01. The molecule has 0 radical (unpaired) electrons. The molecule has 1 amide bonds. The lowest BCUT2D eigenvalue weighted by Gasteiger charge is -1.96. The van der Waals surface area contributed by atoms with Crippen LogP contribution < -0.4 is 10.1 Å². The molecule has 0 saturated heterocycles. The van der Waals surface area contributed by atoms with Crippen LogP contribution in [0.15, 0.2) is 12.5 Å². The zero-order chi connectivity index (χ0) is 12.3. The Hall–Kier alpha value is -2.38. The summed E-state index contributed by atoms with van der Waals surface area (Å²) in [7, 11) is 1.78. The number of aryl methyl sites for hydroxylation is 1. The summed E-state index contributed by atoms with van der Waals surface area (Å²) in [5, 5.41) is 8.83. The number of H-pyrrole nitrogens is 1. The van der Waals surface area contributed by atoms with Gasteiger partial charge in [0.1, 0.15) is 5.69 Å². The third-order valence-corrected chi connectivity index (χ3v) is 1.91. The molecule has 0 saturated carbocycles. The van der Waals surface area contributed by atoms with E-state index in [1.165, 1.54) is 0 Å². The number of carbonyl (C=O) groups excluding carboxylic acids is 1. The molecule has 2 rings (SSSR count). The Labute approximate surface area is 97.0 Å². The van der Waals surface area contributed by atoms with Crippen LogP contribution in [0.3, 0.4) is 0 Å². The molecule has 0 spiro atoms.